The van der Waals surface area contributed by atoms with E-state index in [0.717, 1.165) is 0 Å². The van der Waals surface area contributed by atoms with Crippen LogP contribution in [0.25, 0.3) is 0 Å². The second-order valence-electron chi connectivity index (χ2n) is 3.36. The summed E-state index contributed by atoms with van der Waals surface area (Å²) in [5, 5.41) is 4.30. The Balaban J connectivity index is 1.88. The van der Waals surface area contributed by atoms with Crippen molar-refractivity contribution in [2.75, 3.05) is 11.1 Å². The van der Waals surface area contributed by atoms with E-state index in [1.54, 1.807) is 30.6 Å². The Morgan fingerprint density at radius 1 is 1.39 bits per heavy atom. The fourth-order valence-corrected chi connectivity index (χ4v) is 2.16. The van der Waals surface area contributed by atoms with Gasteiger partial charge in [0.25, 0.3) is 0 Å². The van der Waals surface area contributed by atoms with Crippen molar-refractivity contribution in [3.05, 3.63) is 40.6 Å². The largest absolute Gasteiger partial charge is 0.340 e. The van der Waals surface area contributed by atoms with Gasteiger partial charge in [-0.25, -0.2) is 4.98 Å². The van der Waals surface area contributed by atoms with E-state index in [-0.39, 0.29) is 11.7 Å². The van der Waals surface area contributed by atoms with Gasteiger partial charge in [0, 0.05) is 18.1 Å². The molecule has 2 aromatic rings. The number of carbonyl (C=O) groups excluding carboxylic acids is 1. The summed E-state index contributed by atoms with van der Waals surface area (Å²) in [6, 6.07) is 4.95. The molecule has 0 saturated heterocycles. The minimum Gasteiger partial charge on any atom is -0.340 e. The van der Waals surface area contributed by atoms with Crippen molar-refractivity contribution in [3.63, 3.8) is 0 Å². The van der Waals surface area contributed by atoms with Crippen LogP contribution in [0.5, 0.6) is 0 Å². The van der Waals surface area contributed by atoms with Crippen molar-refractivity contribution in [2.24, 2.45) is 0 Å². The number of benzene rings is 1. The van der Waals surface area contributed by atoms with E-state index in [0.29, 0.717) is 20.9 Å². The van der Waals surface area contributed by atoms with Gasteiger partial charge in [-0.3, -0.25) is 4.79 Å². The molecule has 0 radical (unpaired) electrons. The van der Waals surface area contributed by atoms with Crippen LogP contribution in [0.15, 0.2) is 35.7 Å². The van der Waals surface area contributed by atoms with Gasteiger partial charge >= 0.3 is 0 Å². The van der Waals surface area contributed by atoms with Gasteiger partial charge in [-0.15, -0.1) is 0 Å². The molecule has 4 nitrogen and oxygen atoms in total. The van der Waals surface area contributed by atoms with Crippen LogP contribution in [0.2, 0.25) is 10.0 Å². The van der Waals surface area contributed by atoms with Gasteiger partial charge in [0.15, 0.2) is 5.16 Å². The number of rotatable bonds is 4. The molecular weight excluding hydrogens is 293 g/mol. The first-order valence-corrected chi connectivity index (χ1v) is 6.76. The minimum absolute atomic E-state index is 0.130. The van der Waals surface area contributed by atoms with Gasteiger partial charge in [0.05, 0.1) is 15.8 Å². The third kappa shape index (κ3) is 3.66. The SMILES string of the molecule is O=C(CSc1ncc[nH]1)Nc1ccc(Cl)c(Cl)c1. The highest BCUT2D eigenvalue weighted by Gasteiger charge is 2.06. The van der Waals surface area contributed by atoms with Gasteiger partial charge in [-0.05, 0) is 18.2 Å². The quantitative estimate of drug-likeness (QED) is 0.851. The smallest absolute Gasteiger partial charge is 0.234 e. The Morgan fingerprint density at radius 3 is 2.89 bits per heavy atom. The van der Waals surface area contributed by atoms with E-state index in [1.165, 1.54) is 11.8 Å². The van der Waals surface area contributed by atoms with Crippen molar-refractivity contribution < 1.29 is 4.79 Å². The summed E-state index contributed by atoms with van der Waals surface area (Å²) >= 11 is 13.0. The molecule has 0 fully saturated rings. The van der Waals surface area contributed by atoms with Gasteiger partial charge in [-0.1, -0.05) is 35.0 Å². The number of hydrogen-bond acceptors (Lipinski definition) is 3. The molecule has 2 rings (SSSR count). The highest BCUT2D eigenvalue weighted by atomic mass is 35.5. The molecule has 1 heterocycles. The first kappa shape index (κ1) is 13.3. The molecule has 1 aromatic heterocycles. The number of H-pyrrole nitrogens is 1. The highest BCUT2D eigenvalue weighted by molar-refractivity contribution is 7.99. The van der Waals surface area contributed by atoms with E-state index in [9.17, 15) is 4.79 Å². The van der Waals surface area contributed by atoms with Crippen LogP contribution >= 0.6 is 35.0 Å². The van der Waals surface area contributed by atoms with Crippen LogP contribution in [-0.2, 0) is 4.79 Å². The van der Waals surface area contributed by atoms with Gasteiger partial charge in [-0.2, -0.15) is 0 Å². The van der Waals surface area contributed by atoms with E-state index < -0.39 is 0 Å². The molecular formula is C11H9Cl2N3OS. The fraction of sp³-hybridized carbons (Fsp3) is 0.0909. The number of aromatic nitrogens is 2. The number of hydrogen-bond donors (Lipinski definition) is 2. The molecule has 0 aliphatic heterocycles. The lowest BCUT2D eigenvalue weighted by Gasteiger charge is -2.05. The van der Waals surface area contributed by atoms with Crippen LogP contribution in [0.3, 0.4) is 0 Å². The number of halogens is 2. The summed E-state index contributed by atoms with van der Waals surface area (Å²) in [6.45, 7) is 0. The third-order valence-corrected chi connectivity index (χ3v) is 3.66. The average molecular weight is 302 g/mol. The van der Waals surface area contributed by atoms with Crippen molar-refractivity contribution in [2.45, 2.75) is 5.16 Å². The van der Waals surface area contributed by atoms with Crippen LogP contribution in [0.1, 0.15) is 0 Å². The molecule has 1 amide bonds. The zero-order valence-electron chi connectivity index (χ0n) is 9.11. The average Bonchev–Trinajstić information content (AvgIpc) is 2.84. The standard InChI is InChI=1S/C11H9Cl2N3OS/c12-8-2-1-7(5-9(8)13)16-10(17)6-18-11-14-3-4-15-11/h1-5H,6H2,(H,14,15)(H,16,17). The maximum absolute atomic E-state index is 11.7. The molecule has 0 atom stereocenters. The lowest BCUT2D eigenvalue weighted by Crippen LogP contribution is -2.14. The molecule has 0 unspecified atom stereocenters. The first-order valence-electron chi connectivity index (χ1n) is 5.02. The van der Waals surface area contributed by atoms with Crippen molar-refractivity contribution in [1.29, 1.82) is 0 Å². The zero-order chi connectivity index (χ0) is 13.0. The fourth-order valence-electron chi connectivity index (χ4n) is 1.23. The van der Waals surface area contributed by atoms with Crippen LogP contribution < -0.4 is 5.32 Å². The van der Waals surface area contributed by atoms with Gasteiger partial charge < -0.3 is 10.3 Å². The Kier molecular flexibility index (Phi) is 4.52. The monoisotopic (exact) mass is 301 g/mol. The molecule has 0 aliphatic rings. The summed E-state index contributed by atoms with van der Waals surface area (Å²) in [5.74, 6) is 0.142. The van der Waals surface area contributed by atoms with Crippen molar-refractivity contribution in [3.8, 4) is 0 Å². The molecule has 0 bridgehead atoms. The first-order chi connectivity index (χ1) is 8.65. The van der Waals surface area contributed by atoms with E-state index >= 15 is 0 Å². The number of nitrogens with one attached hydrogen (secondary N) is 2. The third-order valence-electron chi connectivity index (χ3n) is 2.02. The maximum atomic E-state index is 11.7. The molecule has 18 heavy (non-hydrogen) atoms. The van der Waals surface area contributed by atoms with Gasteiger partial charge in [0.1, 0.15) is 0 Å². The Hall–Kier alpha value is -1.17. The number of nitrogens with zero attached hydrogens (tertiary/aromatic N) is 1. The van der Waals surface area contributed by atoms with E-state index in [4.69, 9.17) is 23.2 Å². The second-order valence-corrected chi connectivity index (χ2v) is 5.14. The topological polar surface area (TPSA) is 57.8 Å². The number of thioether (sulfide) groups is 1. The van der Waals surface area contributed by atoms with E-state index in [1.807, 2.05) is 0 Å². The second kappa shape index (κ2) is 6.13. The summed E-state index contributed by atoms with van der Waals surface area (Å²) < 4.78 is 0. The maximum Gasteiger partial charge on any atom is 0.234 e. The zero-order valence-corrected chi connectivity index (χ0v) is 11.4. The number of amides is 1. The summed E-state index contributed by atoms with van der Waals surface area (Å²) in [7, 11) is 0. The highest BCUT2D eigenvalue weighted by Crippen LogP contribution is 2.25. The molecule has 7 heteroatoms. The van der Waals surface area contributed by atoms with Crippen molar-refractivity contribution in [1.82, 2.24) is 9.97 Å². The Labute approximate surface area is 118 Å². The van der Waals surface area contributed by atoms with E-state index in [2.05, 4.69) is 15.3 Å². The number of carbonyl (C=O) groups is 1. The predicted molar refractivity (Wildman–Crippen MR) is 74.4 cm³/mol. The van der Waals surface area contributed by atoms with Crippen LogP contribution in [0, 0.1) is 0 Å². The predicted octanol–water partition coefficient (Wildman–Crippen LogP) is 3.45. The summed E-state index contributed by atoms with van der Waals surface area (Å²) in [4.78, 5) is 18.6. The van der Waals surface area contributed by atoms with Crippen molar-refractivity contribution >= 4 is 46.6 Å². The molecule has 0 aliphatic carbocycles. The number of aromatic amines is 1. The molecule has 0 spiro atoms. The Bertz CT molecular complexity index is 545. The molecule has 94 valence electrons. The Morgan fingerprint density at radius 2 is 2.22 bits per heavy atom. The molecule has 0 saturated carbocycles. The normalized spacial score (nSPS) is 10.3. The summed E-state index contributed by atoms with van der Waals surface area (Å²) in [6.07, 6.45) is 3.35. The summed E-state index contributed by atoms with van der Waals surface area (Å²) in [5.41, 5.74) is 0.620. The molecule has 2 N–H and O–H groups in total. The number of imidazole rings is 1. The van der Waals surface area contributed by atoms with Crippen LogP contribution in [-0.4, -0.2) is 21.6 Å². The lowest BCUT2D eigenvalue weighted by atomic mass is 10.3. The molecule has 1 aromatic carbocycles. The van der Waals surface area contributed by atoms with Gasteiger partial charge in [0.2, 0.25) is 5.91 Å². The minimum atomic E-state index is -0.130. The van der Waals surface area contributed by atoms with Crippen LogP contribution in [0.4, 0.5) is 5.69 Å². The lowest BCUT2D eigenvalue weighted by molar-refractivity contribution is -0.113. The number of anilines is 1.